The minimum atomic E-state index is 0.467. The minimum absolute atomic E-state index is 0.467. The van der Waals surface area contributed by atoms with Crippen molar-refractivity contribution < 1.29 is 0 Å². The smallest absolute Gasteiger partial charge is 0.0774 e. The predicted octanol–water partition coefficient (Wildman–Crippen LogP) is 2.85. The van der Waals surface area contributed by atoms with Gasteiger partial charge < -0.3 is 0 Å². The summed E-state index contributed by atoms with van der Waals surface area (Å²) in [6.45, 7) is 9.21. The predicted molar refractivity (Wildman–Crippen MR) is 78.0 cm³/mol. The van der Waals surface area contributed by atoms with E-state index in [4.69, 9.17) is 0 Å². The van der Waals surface area contributed by atoms with Crippen LogP contribution in [0.3, 0.4) is 0 Å². The van der Waals surface area contributed by atoms with Crippen LogP contribution in [0.4, 0.5) is 0 Å². The van der Waals surface area contributed by atoms with Gasteiger partial charge in [-0.05, 0) is 31.9 Å². The average molecular weight is 222 g/mol. The van der Waals surface area contributed by atoms with E-state index in [1.807, 2.05) is 0 Å². The van der Waals surface area contributed by atoms with E-state index in [2.05, 4.69) is 70.1 Å². The first kappa shape index (κ1) is 12.0. The van der Waals surface area contributed by atoms with E-state index in [1.165, 1.54) is 27.6 Å². The largest absolute Gasteiger partial charge is 0.206 e. The third-order valence-corrected chi connectivity index (χ3v) is 3.61. The second-order valence-electron chi connectivity index (χ2n) is 4.98. The molecule has 0 bridgehead atoms. The fourth-order valence-electron chi connectivity index (χ4n) is 2.08. The Morgan fingerprint density at radius 2 is 1.29 bits per heavy atom. The van der Waals surface area contributed by atoms with Gasteiger partial charge in [0.1, 0.15) is 0 Å². The lowest BCUT2D eigenvalue weighted by molar-refractivity contribution is 1.35. The van der Waals surface area contributed by atoms with Crippen molar-refractivity contribution >= 4 is 17.6 Å². The Labute approximate surface area is 105 Å². The molecule has 0 unspecified atom stereocenters. The highest BCUT2D eigenvalue weighted by Crippen LogP contribution is 2.04. The van der Waals surface area contributed by atoms with Gasteiger partial charge >= 0.3 is 0 Å². The summed E-state index contributed by atoms with van der Waals surface area (Å²) >= 11 is 0. The standard InChI is InChI=1S/C16H19B/c1-12-5-8-15(9-6-12)17(4)16-10-7-13(2)14(3)11-16/h5-11H,1-4H3. The van der Waals surface area contributed by atoms with Crippen molar-refractivity contribution in [2.45, 2.75) is 27.6 Å². The maximum absolute atomic E-state index is 2.31. The molecule has 0 aliphatic carbocycles. The molecule has 0 N–H and O–H groups in total. The van der Waals surface area contributed by atoms with Crippen LogP contribution in [-0.4, -0.2) is 6.71 Å². The fraction of sp³-hybridized carbons (Fsp3) is 0.250. The molecule has 86 valence electrons. The van der Waals surface area contributed by atoms with Crippen molar-refractivity contribution in [1.29, 1.82) is 0 Å². The van der Waals surface area contributed by atoms with Crippen molar-refractivity contribution in [3.63, 3.8) is 0 Å². The van der Waals surface area contributed by atoms with Crippen molar-refractivity contribution in [3.8, 4) is 0 Å². The normalized spacial score (nSPS) is 10.4. The molecule has 0 heterocycles. The quantitative estimate of drug-likeness (QED) is 0.685. The molecular formula is C16H19B. The maximum Gasteiger partial charge on any atom is 0.206 e. The van der Waals surface area contributed by atoms with Crippen LogP contribution in [0, 0.1) is 20.8 Å². The zero-order valence-electron chi connectivity index (χ0n) is 11.1. The number of aryl methyl sites for hydroxylation is 3. The van der Waals surface area contributed by atoms with Crippen molar-refractivity contribution in [3.05, 3.63) is 59.2 Å². The molecule has 0 atom stereocenters. The molecule has 0 aromatic heterocycles. The monoisotopic (exact) mass is 222 g/mol. The summed E-state index contributed by atoms with van der Waals surface area (Å²) in [5, 5.41) is 0. The molecule has 2 rings (SSSR count). The summed E-state index contributed by atoms with van der Waals surface area (Å²) in [4.78, 5) is 0. The molecule has 17 heavy (non-hydrogen) atoms. The van der Waals surface area contributed by atoms with Gasteiger partial charge in [-0.25, -0.2) is 0 Å². The van der Waals surface area contributed by atoms with Gasteiger partial charge in [-0.2, -0.15) is 0 Å². The Morgan fingerprint density at radius 3 is 1.88 bits per heavy atom. The molecule has 0 nitrogen and oxygen atoms in total. The maximum atomic E-state index is 2.31. The molecule has 1 heteroatoms. The van der Waals surface area contributed by atoms with Gasteiger partial charge in [-0.15, -0.1) is 0 Å². The van der Waals surface area contributed by atoms with Crippen molar-refractivity contribution in [1.82, 2.24) is 0 Å². The summed E-state index contributed by atoms with van der Waals surface area (Å²) in [5.41, 5.74) is 6.85. The van der Waals surface area contributed by atoms with Crippen LogP contribution < -0.4 is 10.9 Å². The van der Waals surface area contributed by atoms with Gasteiger partial charge in [-0.1, -0.05) is 65.8 Å². The van der Waals surface area contributed by atoms with E-state index in [0.29, 0.717) is 6.71 Å². The summed E-state index contributed by atoms with van der Waals surface area (Å²) in [6.07, 6.45) is 0. The molecule has 0 amide bonds. The summed E-state index contributed by atoms with van der Waals surface area (Å²) in [7, 11) is 0. The highest BCUT2D eigenvalue weighted by molar-refractivity contribution is 6.84. The van der Waals surface area contributed by atoms with E-state index in [0.717, 1.165) is 0 Å². The Kier molecular flexibility index (Phi) is 3.37. The topological polar surface area (TPSA) is 0 Å². The van der Waals surface area contributed by atoms with Gasteiger partial charge in [0.15, 0.2) is 0 Å². The number of hydrogen-bond acceptors (Lipinski definition) is 0. The van der Waals surface area contributed by atoms with Crippen molar-refractivity contribution in [2.75, 3.05) is 0 Å². The molecule has 0 aliphatic heterocycles. The first-order chi connectivity index (χ1) is 8.08. The average Bonchev–Trinajstić information content (AvgIpc) is 2.33. The van der Waals surface area contributed by atoms with Gasteiger partial charge in [0.05, 0.1) is 0 Å². The fourth-order valence-corrected chi connectivity index (χ4v) is 2.08. The lowest BCUT2D eigenvalue weighted by atomic mass is 9.42. The lowest BCUT2D eigenvalue weighted by Crippen LogP contribution is -2.39. The summed E-state index contributed by atoms with van der Waals surface area (Å²) < 4.78 is 0. The van der Waals surface area contributed by atoms with Crippen LogP contribution in [0.15, 0.2) is 42.5 Å². The molecule has 0 saturated carbocycles. The Hall–Kier alpha value is -1.50. The zero-order chi connectivity index (χ0) is 12.4. The van der Waals surface area contributed by atoms with Crippen molar-refractivity contribution in [2.24, 2.45) is 0 Å². The first-order valence-corrected chi connectivity index (χ1v) is 6.21. The first-order valence-electron chi connectivity index (χ1n) is 6.21. The van der Waals surface area contributed by atoms with Gasteiger partial charge in [0, 0.05) is 0 Å². The van der Waals surface area contributed by atoms with Gasteiger partial charge in [0.25, 0.3) is 0 Å². The highest BCUT2D eigenvalue weighted by atomic mass is 14.0. The third-order valence-electron chi connectivity index (χ3n) is 3.61. The Bertz CT molecular complexity index is 512. The molecular weight excluding hydrogens is 203 g/mol. The zero-order valence-corrected chi connectivity index (χ0v) is 11.1. The van der Waals surface area contributed by atoms with Crippen LogP contribution in [0.2, 0.25) is 6.82 Å². The second kappa shape index (κ2) is 4.79. The van der Waals surface area contributed by atoms with Crippen LogP contribution >= 0.6 is 0 Å². The van der Waals surface area contributed by atoms with Crippen LogP contribution in [0.1, 0.15) is 16.7 Å². The lowest BCUT2D eigenvalue weighted by Gasteiger charge is -2.11. The number of benzene rings is 2. The van der Waals surface area contributed by atoms with Gasteiger partial charge in [-0.3, -0.25) is 0 Å². The highest BCUT2D eigenvalue weighted by Gasteiger charge is 2.12. The molecule has 0 aliphatic rings. The van der Waals surface area contributed by atoms with Gasteiger partial charge in [0.2, 0.25) is 6.71 Å². The van der Waals surface area contributed by atoms with E-state index in [1.54, 1.807) is 0 Å². The molecule has 0 spiro atoms. The Balaban J connectivity index is 2.33. The number of rotatable bonds is 2. The molecule has 0 fully saturated rings. The molecule has 2 aromatic carbocycles. The number of hydrogen-bond donors (Lipinski definition) is 0. The van der Waals surface area contributed by atoms with E-state index >= 15 is 0 Å². The summed E-state index contributed by atoms with van der Waals surface area (Å²) in [6, 6.07) is 15.6. The molecule has 0 radical (unpaired) electrons. The minimum Gasteiger partial charge on any atom is -0.0774 e. The Morgan fingerprint density at radius 1 is 0.706 bits per heavy atom. The van der Waals surface area contributed by atoms with E-state index < -0.39 is 0 Å². The summed E-state index contributed by atoms with van der Waals surface area (Å²) in [5.74, 6) is 0. The SMILES string of the molecule is CB(c1ccc(C)cc1)c1ccc(C)c(C)c1. The van der Waals surface area contributed by atoms with E-state index in [-0.39, 0.29) is 0 Å². The second-order valence-corrected chi connectivity index (χ2v) is 4.98. The molecule has 2 aromatic rings. The third kappa shape index (κ3) is 2.61. The van der Waals surface area contributed by atoms with Crippen LogP contribution in [0.5, 0.6) is 0 Å². The van der Waals surface area contributed by atoms with Crippen LogP contribution in [0.25, 0.3) is 0 Å². The van der Waals surface area contributed by atoms with E-state index in [9.17, 15) is 0 Å². The molecule has 0 saturated heterocycles. The van der Waals surface area contributed by atoms with Crippen LogP contribution in [-0.2, 0) is 0 Å².